The normalized spacial score (nSPS) is 13.3. The molecule has 4 aromatic rings. The van der Waals surface area contributed by atoms with Crippen molar-refractivity contribution in [2.24, 2.45) is 12.1 Å². The molecule has 33 heavy (non-hydrogen) atoms. The Kier molecular flexibility index (Phi) is 4.92. The monoisotopic (exact) mass is 450 g/mol. The molecule has 0 aliphatic carbocycles. The third-order valence-electron chi connectivity index (χ3n) is 5.69. The highest BCUT2D eigenvalue weighted by atomic mass is 19.1. The third kappa shape index (κ3) is 3.43. The lowest BCUT2D eigenvalue weighted by Gasteiger charge is -2.25. The van der Waals surface area contributed by atoms with E-state index in [1.54, 1.807) is 41.8 Å². The molecule has 8 nitrogen and oxygen atoms in total. The number of hydrogen-bond acceptors (Lipinski definition) is 5. The zero-order valence-corrected chi connectivity index (χ0v) is 18.0. The Morgan fingerprint density at radius 1 is 0.939 bits per heavy atom. The second kappa shape index (κ2) is 7.80. The fraction of sp³-hybridized carbons (Fsp3) is 0.217. The van der Waals surface area contributed by atoms with Crippen molar-refractivity contribution >= 4 is 22.8 Å². The molecule has 3 heterocycles. The van der Waals surface area contributed by atoms with E-state index in [2.05, 4.69) is 10.1 Å². The van der Waals surface area contributed by atoms with Crippen LogP contribution in [0, 0.1) is 11.6 Å². The van der Waals surface area contributed by atoms with E-state index in [1.807, 2.05) is 0 Å². The molecule has 0 N–H and O–H groups in total. The minimum Gasteiger partial charge on any atom is -0.297 e. The van der Waals surface area contributed by atoms with Crippen molar-refractivity contribution in [3.05, 3.63) is 92.1 Å². The molecule has 0 saturated heterocycles. The summed E-state index contributed by atoms with van der Waals surface area (Å²) in [6, 6.07) is 12.4. The van der Waals surface area contributed by atoms with E-state index in [1.165, 1.54) is 34.8 Å². The number of fused-ring (bicyclic) bond motifs is 3. The molecular weight excluding hydrogens is 430 g/mol. The average molecular weight is 450 g/mol. The van der Waals surface area contributed by atoms with Crippen LogP contribution in [-0.4, -0.2) is 24.4 Å². The molecule has 0 amide bonds. The van der Waals surface area contributed by atoms with Gasteiger partial charge in [0.25, 0.3) is 5.56 Å². The Morgan fingerprint density at radius 3 is 2.18 bits per heavy atom. The molecule has 0 fully saturated rings. The molecule has 5 rings (SSSR count). The maximum Gasteiger partial charge on any atom is 0.332 e. The van der Waals surface area contributed by atoms with Crippen LogP contribution in [0.25, 0.3) is 11.2 Å². The maximum atomic E-state index is 14.3. The summed E-state index contributed by atoms with van der Waals surface area (Å²) in [5.41, 5.74) is 0.547. The average Bonchev–Trinajstić information content (AvgIpc) is 3.18. The van der Waals surface area contributed by atoms with Gasteiger partial charge in [-0.25, -0.2) is 18.6 Å². The summed E-state index contributed by atoms with van der Waals surface area (Å²) in [4.78, 5) is 30.9. The lowest BCUT2D eigenvalue weighted by Crippen LogP contribution is -2.40. The number of benzene rings is 2. The van der Waals surface area contributed by atoms with Gasteiger partial charge in [0.2, 0.25) is 5.95 Å². The van der Waals surface area contributed by atoms with E-state index in [-0.39, 0.29) is 42.2 Å². The van der Waals surface area contributed by atoms with Crippen LogP contribution in [0.15, 0.2) is 63.2 Å². The molecule has 0 radical (unpaired) electrons. The van der Waals surface area contributed by atoms with E-state index < -0.39 is 17.1 Å². The summed E-state index contributed by atoms with van der Waals surface area (Å²) in [6.07, 6.45) is 0. The van der Waals surface area contributed by atoms with Crippen LogP contribution in [0.2, 0.25) is 0 Å². The van der Waals surface area contributed by atoms with Crippen LogP contribution in [0.4, 0.5) is 14.7 Å². The maximum absolute atomic E-state index is 14.3. The Morgan fingerprint density at radius 2 is 1.55 bits per heavy atom. The van der Waals surface area contributed by atoms with Gasteiger partial charge in [0, 0.05) is 18.2 Å². The third-order valence-corrected chi connectivity index (χ3v) is 5.69. The topological polar surface area (TPSA) is 77.4 Å². The van der Waals surface area contributed by atoms with Gasteiger partial charge in [-0.15, -0.1) is 0 Å². The molecule has 1 aliphatic rings. The van der Waals surface area contributed by atoms with Gasteiger partial charge in [-0.3, -0.25) is 18.5 Å². The lowest BCUT2D eigenvalue weighted by atomic mass is 10.2. The largest absolute Gasteiger partial charge is 0.332 e. The first kappa shape index (κ1) is 20.8. The molecule has 0 unspecified atom stereocenters. The zero-order chi connectivity index (χ0) is 23.3. The summed E-state index contributed by atoms with van der Waals surface area (Å²) in [5, 5.41) is 6.01. The highest BCUT2D eigenvalue weighted by Crippen LogP contribution is 2.26. The van der Waals surface area contributed by atoms with E-state index in [0.29, 0.717) is 17.2 Å². The van der Waals surface area contributed by atoms with Gasteiger partial charge in [0.15, 0.2) is 11.2 Å². The SMILES string of the molecule is CC1=NN(Cc2ccccc2F)c2nc3c(c(=O)n(Cc4ccccc4F)c(=O)n3C)n2C1. The highest BCUT2D eigenvalue weighted by molar-refractivity contribution is 5.87. The van der Waals surface area contributed by atoms with Crippen LogP contribution in [0.3, 0.4) is 0 Å². The number of hydrazone groups is 1. The predicted octanol–water partition coefficient (Wildman–Crippen LogP) is 2.62. The standard InChI is InChI=1S/C23H20F2N6O2/c1-14-11-29-19-20(26-22(29)31(27-14)13-16-8-4-6-10-18(16)25)28(2)23(33)30(21(19)32)12-15-7-3-5-9-17(15)24/h3-10H,11-13H2,1-2H3. The minimum absolute atomic E-state index is 0.102. The van der Waals surface area contributed by atoms with E-state index in [9.17, 15) is 18.4 Å². The van der Waals surface area contributed by atoms with Crippen LogP contribution in [0.1, 0.15) is 18.1 Å². The van der Waals surface area contributed by atoms with Gasteiger partial charge in [0.05, 0.1) is 25.3 Å². The smallest absolute Gasteiger partial charge is 0.297 e. The summed E-state index contributed by atoms with van der Waals surface area (Å²) >= 11 is 0. The number of halogens is 2. The Balaban J connectivity index is 1.68. The van der Waals surface area contributed by atoms with Gasteiger partial charge in [-0.1, -0.05) is 36.4 Å². The summed E-state index contributed by atoms with van der Waals surface area (Å²) in [5.74, 6) is -0.547. The van der Waals surface area contributed by atoms with Gasteiger partial charge in [-0.2, -0.15) is 10.1 Å². The van der Waals surface area contributed by atoms with Crippen LogP contribution < -0.4 is 16.3 Å². The van der Waals surface area contributed by atoms with Crippen molar-refractivity contribution in [2.75, 3.05) is 5.01 Å². The molecule has 2 aromatic carbocycles. The number of anilines is 1. The van der Waals surface area contributed by atoms with Crippen molar-refractivity contribution in [1.29, 1.82) is 0 Å². The van der Waals surface area contributed by atoms with Crippen molar-refractivity contribution < 1.29 is 8.78 Å². The van der Waals surface area contributed by atoms with E-state index in [4.69, 9.17) is 0 Å². The molecule has 168 valence electrons. The fourth-order valence-corrected chi connectivity index (χ4v) is 4.05. The number of hydrogen-bond donors (Lipinski definition) is 0. The Bertz CT molecular complexity index is 1550. The molecule has 0 atom stereocenters. The molecule has 1 aliphatic heterocycles. The van der Waals surface area contributed by atoms with Gasteiger partial charge in [-0.05, 0) is 19.1 Å². The first-order valence-electron chi connectivity index (χ1n) is 10.3. The molecule has 0 saturated carbocycles. The Hall–Kier alpha value is -4.08. The first-order chi connectivity index (χ1) is 15.8. The number of aromatic nitrogens is 4. The van der Waals surface area contributed by atoms with Crippen molar-refractivity contribution in [3.63, 3.8) is 0 Å². The van der Waals surface area contributed by atoms with Gasteiger partial charge < -0.3 is 0 Å². The second-order valence-electron chi connectivity index (χ2n) is 7.98. The van der Waals surface area contributed by atoms with Crippen LogP contribution >= 0.6 is 0 Å². The number of nitrogens with zero attached hydrogens (tertiary/aromatic N) is 6. The van der Waals surface area contributed by atoms with E-state index >= 15 is 0 Å². The minimum atomic E-state index is -0.607. The number of rotatable bonds is 4. The second-order valence-corrected chi connectivity index (χ2v) is 7.98. The molecule has 10 heteroatoms. The van der Waals surface area contributed by atoms with Crippen molar-refractivity contribution in [1.82, 2.24) is 18.7 Å². The zero-order valence-electron chi connectivity index (χ0n) is 18.0. The van der Waals surface area contributed by atoms with Crippen LogP contribution in [-0.2, 0) is 26.7 Å². The number of aryl methyl sites for hydroxylation is 1. The first-order valence-corrected chi connectivity index (χ1v) is 10.3. The summed E-state index contributed by atoms with van der Waals surface area (Å²) in [6.45, 7) is 1.97. The van der Waals surface area contributed by atoms with Crippen molar-refractivity contribution in [3.8, 4) is 0 Å². The van der Waals surface area contributed by atoms with Gasteiger partial charge >= 0.3 is 5.69 Å². The highest BCUT2D eigenvalue weighted by Gasteiger charge is 2.27. The molecular formula is C23H20F2N6O2. The number of imidazole rings is 1. The molecule has 2 aromatic heterocycles. The summed E-state index contributed by atoms with van der Waals surface area (Å²) < 4.78 is 32.4. The van der Waals surface area contributed by atoms with Gasteiger partial charge in [0.1, 0.15) is 11.6 Å². The molecule has 0 bridgehead atoms. The quantitative estimate of drug-likeness (QED) is 0.479. The molecule has 0 spiro atoms. The van der Waals surface area contributed by atoms with Crippen LogP contribution in [0.5, 0.6) is 0 Å². The van der Waals surface area contributed by atoms with Crippen molar-refractivity contribution in [2.45, 2.75) is 26.6 Å². The Labute approximate surface area is 186 Å². The predicted molar refractivity (Wildman–Crippen MR) is 120 cm³/mol. The summed E-state index contributed by atoms with van der Waals surface area (Å²) in [7, 11) is 1.51. The fourth-order valence-electron chi connectivity index (χ4n) is 4.05. The van der Waals surface area contributed by atoms with E-state index in [0.717, 1.165) is 4.57 Å². The lowest BCUT2D eigenvalue weighted by molar-refractivity contribution is 0.582.